The fourth-order valence-corrected chi connectivity index (χ4v) is 6.08. The lowest BCUT2D eigenvalue weighted by Crippen LogP contribution is -2.36. The number of fused-ring (bicyclic) bond motifs is 3. The number of ketones is 1. The molecule has 0 radical (unpaired) electrons. The molecule has 3 aliphatic rings. The molecule has 2 aromatic carbocycles. The fraction of sp³-hybridized carbons (Fsp3) is 0.467. The highest BCUT2D eigenvalue weighted by molar-refractivity contribution is 5.83. The first-order chi connectivity index (χ1) is 17.7. The van der Waals surface area contributed by atoms with Crippen LogP contribution in [-0.4, -0.2) is 41.6 Å². The van der Waals surface area contributed by atoms with Crippen molar-refractivity contribution in [3.05, 3.63) is 71.9 Å². The minimum atomic E-state index is -0.286. The van der Waals surface area contributed by atoms with E-state index in [1.54, 1.807) is 18.6 Å². The van der Waals surface area contributed by atoms with Gasteiger partial charge in [0.05, 0.1) is 37.5 Å². The summed E-state index contributed by atoms with van der Waals surface area (Å²) in [6.45, 7) is 7.48. The van der Waals surface area contributed by atoms with Crippen molar-refractivity contribution in [3.63, 3.8) is 0 Å². The topological polar surface area (TPSA) is 47.4 Å². The number of imidazole rings is 1. The molecule has 0 bridgehead atoms. The van der Waals surface area contributed by atoms with E-state index in [4.69, 9.17) is 4.74 Å². The monoisotopic (exact) mass is 489 g/mol. The lowest BCUT2D eigenvalue weighted by molar-refractivity contribution is -0.124. The molecule has 1 atom stereocenters. The van der Waals surface area contributed by atoms with E-state index in [2.05, 4.69) is 34.1 Å². The fourth-order valence-electron chi connectivity index (χ4n) is 6.08. The Morgan fingerprint density at radius 1 is 1.03 bits per heavy atom. The number of halogens is 1. The first-order valence-electron chi connectivity index (χ1n) is 13.4. The SMILES string of the molecule is CC.O=C(CC1c2c(F)cccc2-c2cncn21)C1CCC(c2ccc(N3CCOCC3)cc2)CC1. The Morgan fingerprint density at radius 3 is 2.47 bits per heavy atom. The van der Waals surface area contributed by atoms with Crippen LogP contribution in [0.4, 0.5) is 10.1 Å². The van der Waals surface area contributed by atoms with E-state index >= 15 is 0 Å². The second kappa shape index (κ2) is 11.0. The molecule has 2 aliphatic heterocycles. The van der Waals surface area contributed by atoms with Crippen LogP contribution >= 0.6 is 0 Å². The van der Waals surface area contributed by atoms with E-state index in [1.165, 1.54) is 17.3 Å². The highest BCUT2D eigenvalue weighted by Crippen LogP contribution is 2.44. The minimum absolute atomic E-state index is 0.0617. The molecule has 2 fully saturated rings. The molecule has 0 N–H and O–H groups in total. The van der Waals surface area contributed by atoms with Crippen LogP contribution in [-0.2, 0) is 9.53 Å². The van der Waals surface area contributed by atoms with Gasteiger partial charge in [-0.2, -0.15) is 0 Å². The Balaban J connectivity index is 0.00000130. The van der Waals surface area contributed by atoms with Crippen LogP contribution in [0.5, 0.6) is 0 Å². The van der Waals surface area contributed by atoms with Gasteiger partial charge in [-0.05, 0) is 55.4 Å². The zero-order valence-corrected chi connectivity index (χ0v) is 21.3. The standard InChI is InChI=1S/C28H30FN3O2.C2H6/c29-24-3-1-2-23-26-17-30-18-32(26)25(28(23)24)16-27(33)21-6-4-19(5-7-21)20-8-10-22(11-9-20)31-12-14-34-15-13-31;1-2/h1-3,8-11,17-19,21,25H,4-7,12-16H2;1-2H3. The van der Waals surface area contributed by atoms with Gasteiger partial charge in [-0.15, -0.1) is 0 Å². The lowest BCUT2D eigenvalue weighted by atomic mass is 9.76. The van der Waals surface area contributed by atoms with Crippen LogP contribution in [0.3, 0.4) is 0 Å². The molecular formula is C30H36FN3O2. The number of hydrogen-bond donors (Lipinski definition) is 0. The van der Waals surface area contributed by atoms with Crippen molar-refractivity contribution in [1.29, 1.82) is 0 Å². The summed E-state index contributed by atoms with van der Waals surface area (Å²) in [6, 6.07) is 13.8. The van der Waals surface area contributed by atoms with E-state index in [0.29, 0.717) is 17.9 Å². The molecule has 1 unspecified atom stereocenters. The Bertz CT molecular complexity index is 1180. The predicted molar refractivity (Wildman–Crippen MR) is 141 cm³/mol. The highest BCUT2D eigenvalue weighted by atomic mass is 19.1. The van der Waals surface area contributed by atoms with Gasteiger partial charge in [0.15, 0.2) is 0 Å². The van der Waals surface area contributed by atoms with Crippen molar-refractivity contribution in [1.82, 2.24) is 9.55 Å². The van der Waals surface area contributed by atoms with Crippen LogP contribution in [0.15, 0.2) is 55.0 Å². The minimum Gasteiger partial charge on any atom is -0.378 e. The summed E-state index contributed by atoms with van der Waals surface area (Å²) in [5, 5.41) is 0. The smallest absolute Gasteiger partial charge is 0.138 e. The van der Waals surface area contributed by atoms with E-state index < -0.39 is 0 Å². The maximum Gasteiger partial charge on any atom is 0.138 e. The Labute approximate surface area is 213 Å². The number of anilines is 1. The first-order valence-corrected chi connectivity index (χ1v) is 13.4. The number of carbonyl (C=O) groups is 1. The van der Waals surface area contributed by atoms with Gasteiger partial charge < -0.3 is 14.2 Å². The molecule has 0 amide bonds. The van der Waals surface area contributed by atoms with Crippen molar-refractivity contribution in [2.24, 2.45) is 5.92 Å². The van der Waals surface area contributed by atoms with Gasteiger partial charge >= 0.3 is 0 Å². The summed E-state index contributed by atoms with van der Waals surface area (Å²) in [5.74, 6) is 0.587. The van der Waals surface area contributed by atoms with Crippen LogP contribution < -0.4 is 4.90 Å². The van der Waals surface area contributed by atoms with Gasteiger partial charge in [-0.1, -0.05) is 38.1 Å². The van der Waals surface area contributed by atoms with E-state index in [-0.39, 0.29) is 23.6 Å². The van der Waals surface area contributed by atoms with Crippen molar-refractivity contribution in [2.45, 2.75) is 57.9 Å². The van der Waals surface area contributed by atoms with Crippen molar-refractivity contribution < 1.29 is 13.9 Å². The number of nitrogens with zero attached hydrogens (tertiary/aromatic N) is 3. The van der Waals surface area contributed by atoms with Gasteiger partial charge in [0.1, 0.15) is 11.6 Å². The van der Waals surface area contributed by atoms with Crippen molar-refractivity contribution >= 4 is 11.5 Å². The maximum absolute atomic E-state index is 14.7. The zero-order valence-electron chi connectivity index (χ0n) is 21.3. The zero-order chi connectivity index (χ0) is 25.1. The summed E-state index contributed by atoms with van der Waals surface area (Å²) < 4.78 is 22.1. The Morgan fingerprint density at radius 2 is 1.75 bits per heavy atom. The number of ether oxygens (including phenoxy) is 1. The molecule has 5 nitrogen and oxygen atoms in total. The predicted octanol–water partition coefficient (Wildman–Crippen LogP) is 6.39. The highest BCUT2D eigenvalue weighted by Gasteiger charge is 2.35. The molecule has 1 saturated carbocycles. The first kappa shape index (κ1) is 24.7. The van der Waals surface area contributed by atoms with Gasteiger partial charge in [-0.25, -0.2) is 9.37 Å². The average molecular weight is 490 g/mol. The van der Waals surface area contributed by atoms with Gasteiger partial charge in [0, 0.05) is 42.2 Å². The average Bonchev–Trinajstić information content (AvgIpc) is 3.54. The molecule has 6 heteroatoms. The molecule has 3 aromatic rings. The third-order valence-corrected chi connectivity index (χ3v) is 7.98. The number of Topliss-reactive ketones (excluding diaryl/α,β-unsaturated/α-hetero) is 1. The van der Waals surface area contributed by atoms with Crippen molar-refractivity contribution in [3.8, 4) is 11.3 Å². The number of benzene rings is 2. The summed E-state index contributed by atoms with van der Waals surface area (Å²) in [4.78, 5) is 19.9. The molecule has 1 aromatic heterocycles. The number of morpholine rings is 1. The summed E-state index contributed by atoms with van der Waals surface area (Å²) in [5.41, 5.74) is 5.04. The Hall–Kier alpha value is -2.99. The maximum atomic E-state index is 14.7. The molecule has 3 heterocycles. The summed E-state index contributed by atoms with van der Waals surface area (Å²) in [6.07, 6.45) is 7.69. The third-order valence-electron chi connectivity index (χ3n) is 7.98. The van der Waals surface area contributed by atoms with Crippen molar-refractivity contribution in [2.75, 3.05) is 31.2 Å². The second-order valence-corrected chi connectivity index (χ2v) is 9.81. The lowest BCUT2D eigenvalue weighted by Gasteiger charge is -2.31. The number of rotatable bonds is 5. The van der Waals surface area contributed by atoms with Crippen LogP contribution in [0.1, 0.15) is 69.0 Å². The number of hydrogen-bond acceptors (Lipinski definition) is 4. The third kappa shape index (κ3) is 4.71. The molecule has 190 valence electrons. The van der Waals surface area contributed by atoms with Crippen LogP contribution in [0, 0.1) is 11.7 Å². The molecular weight excluding hydrogens is 453 g/mol. The van der Waals surface area contributed by atoms with Crippen LogP contribution in [0.25, 0.3) is 11.3 Å². The Kier molecular flexibility index (Phi) is 7.51. The van der Waals surface area contributed by atoms with Gasteiger partial charge in [0.2, 0.25) is 0 Å². The van der Waals surface area contributed by atoms with E-state index in [0.717, 1.165) is 63.2 Å². The van der Waals surface area contributed by atoms with E-state index in [1.807, 2.05) is 24.5 Å². The largest absolute Gasteiger partial charge is 0.378 e. The molecule has 0 spiro atoms. The normalized spacial score (nSPS) is 22.9. The molecule has 1 aliphatic carbocycles. The second-order valence-electron chi connectivity index (χ2n) is 9.81. The molecule has 1 saturated heterocycles. The van der Waals surface area contributed by atoms with Crippen LogP contribution in [0.2, 0.25) is 0 Å². The molecule has 6 rings (SSSR count). The van der Waals surface area contributed by atoms with Gasteiger partial charge in [0.25, 0.3) is 0 Å². The summed E-state index contributed by atoms with van der Waals surface area (Å²) in [7, 11) is 0. The molecule has 36 heavy (non-hydrogen) atoms. The quantitative estimate of drug-likeness (QED) is 0.417. The number of aromatic nitrogens is 2. The number of carbonyl (C=O) groups excluding carboxylic acids is 1. The van der Waals surface area contributed by atoms with Gasteiger partial charge in [-0.3, -0.25) is 4.79 Å². The summed E-state index contributed by atoms with van der Waals surface area (Å²) >= 11 is 0. The van der Waals surface area contributed by atoms with E-state index in [9.17, 15) is 9.18 Å².